The molecule has 0 unspecified atom stereocenters. The minimum absolute atomic E-state index is 0.103. The molecular weight excluding hydrogens is 465 g/mol. The summed E-state index contributed by atoms with van der Waals surface area (Å²) in [6, 6.07) is 5.79. The Morgan fingerprint density at radius 3 is 2.88 bits per heavy atom. The summed E-state index contributed by atoms with van der Waals surface area (Å²) in [4.78, 5) is 9.58. The summed E-state index contributed by atoms with van der Waals surface area (Å²) in [6.07, 6.45) is 0.996. The Kier molecular flexibility index (Phi) is 5.38. The molecule has 166 valence electrons. The highest BCUT2D eigenvalue weighted by atomic mass is 35.5. The molecule has 0 radical (unpaired) electrons. The van der Waals surface area contributed by atoms with Gasteiger partial charge < -0.3 is 4.74 Å². The average Bonchev–Trinajstić information content (AvgIpc) is 3.46. The maximum atomic E-state index is 12.9. The number of hydrogen-bond donors (Lipinski definition) is 0. The number of fused-ring (bicyclic) bond motifs is 3. The van der Waals surface area contributed by atoms with Gasteiger partial charge in [-0.05, 0) is 17.7 Å². The van der Waals surface area contributed by atoms with Crippen molar-refractivity contribution in [1.29, 1.82) is 0 Å². The lowest BCUT2D eigenvalue weighted by Gasteiger charge is -2.09. The summed E-state index contributed by atoms with van der Waals surface area (Å²) in [7, 11) is 0. The van der Waals surface area contributed by atoms with E-state index in [4.69, 9.17) is 16.3 Å². The van der Waals surface area contributed by atoms with Crippen LogP contribution in [0.4, 0.5) is 13.2 Å². The van der Waals surface area contributed by atoms with E-state index in [1.165, 1.54) is 11.3 Å². The molecule has 7 nitrogen and oxygen atoms in total. The fourth-order valence-electron chi connectivity index (χ4n) is 3.53. The monoisotopic (exact) mass is 480 g/mol. The zero-order valence-corrected chi connectivity index (χ0v) is 18.1. The molecule has 0 saturated heterocycles. The molecule has 3 aromatic heterocycles. The first kappa shape index (κ1) is 21.0. The number of hydrogen-bond acceptors (Lipinski definition) is 6. The van der Waals surface area contributed by atoms with Crippen molar-refractivity contribution in [3.05, 3.63) is 41.8 Å². The third kappa shape index (κ3) is 4.09. The standard InChI is InChI=1S/C20H16ClF3N6OS/c21-4-5-29-9-13(8-26-29)12-1-2-14-15(7-12)31-6-3-16-17(14)28-19(32-16)18-25-11-27-30(18)10-20(22,23)24/h1-2,7-9,11H,3-6,10H2. The Bertz CT molecular complexity index is 1260. The molecule has 12 heteroatoms. The molecule has 4 aromatic rings. The van der Waals surface area contributed by atoms with Gasteiger partial charge in [0.25, 0.3) is 0 Å². The Morgan fingerprint density at radius 1 is 1.19 bits per heavy atom. The maximum Gasteiger partial charge on any atom is 0.408 e. The van der Waals surface area contributed by atoms with Gasteiger partial charge >= 0.3 is 6.18 Å². The summed E-state index contributed by atoms with van der Waals surface area (Å²) in [5, 5.41) is 8.42. The molecule has 4 heterocycles. The van der Waals surface area contributed by atoms with Crippen LogP contribution in [-0.2, 0) is 19.5 Å². The van der Waals surface area contributed by atoms with Crippen molar-refractivity contribution < 1.29 is 17.9 Å². The van der Waals surface area contributed by atoms with Crippen molar-refractivity contribution in [2.75, 3.05) is 12.5 Å². The predicted molar refractivity (Wildman–Crippen MR) is 114 cm³/mol. The molecule has 1 aliphatic rings. The minimum atomic E-state index is -4.40. The van der Waals surface area contributed by atoms with E-state index >= 15 is 0 Å². The summed E-state index contributed by atoms with van der Waals surface area (Å²) in [5.41, 5.74) is 3.36. The quantitative estimate of drug-likeness (QED) is 0.388. The number of halogens is 4. The minimum Gasteiger partial charge on any atom is -0.492 e. The van der Waals surface area contributed by atoms with Crippen molar-refractivity contribution in [3.8, 4) is 39.0 Å². The van der Waals surface area contributed by atoms with Gasteiger partial charge in [0, 0.05) is 34.5 Å². The van der Waals surface area contributed by atoms with E-state index in [2.05, 4.69) is 20.2 Å². The number of alkyl halides is 4. The second-order valence-electron chi connectivity index (χ2n) is 7.14. The zero-order chi connectivity index (χ0) is 22.3. The molecule has 0 saturated carbocycles. The highest BCUT2D eigenvalue weighted by molar-refractivity contribution is 7.15. The van der Waals surface area contributed by atoms with Crippen molar-refractivity contribution >= 4 is 22.9 Å². The first-order chi connectivity index (χ1) is 15.4. The van der Waals surface area contributed by atoms with Gasteiger partial charge in [0.15, 0.2) is 10.8 Å². The first-order valence-electron chi connectivity index (χ1n) is 9.72. The second-order valence-corrected chi connectivity index (χ2v) is 8.60. The van der Waals surface area contributed by atoms with E-state index in [9.17, 15) is 13.2 Å². The molecule has 0 fully saturated rings. The van der Waals surface area contributed by atoms with Crippen LogP contribution in [0.5, 0.6) is 5.75 Å². The normalized spacial score (nSPS) is 13.4. The van der Waals surface area contributed by atoms with Crippen LogP contribution in [0, 0.1) is 0 Å². The molecule has 0 aliphatic carbocycles. The largest absolute Gasteiger partial charge is 0.492 e. The average molecular weight is 481 g/mol. The van der Waals surface area contributed by atoms with E-state index in [-0.39, 0.29) is 5.82 Å². The van der Waals surface area contributed by atoms with Crippen molar-refractivity contribution in [2.45, 2.75) is 25.7 Å². The Balaban J connectivity index is 1.50. The molecule has 5 rings (SSSR count). The lowest BCUT2D eigenvalue weighted by molar-refractivity contribution is -0.142. The number of thiazole rings is 1. The fraction of sp³-hybridized carbons (Fsp3) is 0.300. The van der Waals surface area contributed by atoms with Crippen LogP contribution in [0.2, 0.25) is 0 Å². The van der Waals surface area contributed by atoms with Gasteiger partial charge in [0.05, 0.1) is 25.0 Å². The van der Waals surface area contributed by atoms with Crippen LogP contribution in [0.15, 0.2) is 36.9 Å². The van der Waals surface area contributed by atoms with Gasteiger partial charge in [-0.1, -0.05) is 6.07 Å². The molecular formula is C20H16ClF3N6OS. The molecule has 0 amide bonds. The maximum absolute atomic E-state index is 12.9. The van der Waals surface area contributed by atoms with Crippen LogP contribution in [0.25, 0.3) is 33.2 Å². The van der Waals surface area contributed by atoms with E-state index in [1.807, 2.05) is 24.4 Å². The molecule has 0 N–H and O–H groups in total. The van der Waals surface area contributed by atoms with Crippen LogP contribution < -0.4 is 4.74 Å². The number of aromatic nitrogens is 6. The number of aryl methyl sites for hydroxylation is 1. The summed E-state index contributed by atoms with van der Waals surface area (Å²) >= 11 is 7.09. The summed E-state index contributed by atoms with van der Waals surface area (Å²) in [6.45, 7) is -0.161. The van der Waals surface area contributed by atoms with E-state index < -0.39 is 12.7 Å². The second kappa shape index (κ2) is 8.21. The first-order valence-corrected chi connectivity index (χ1v) is 11.1. The van der Waals surface area contributed by atoms with Gasteiger partial charge in [-0.15, -0.1) is 22.9 Å². The zero-order valence-electron chi connectivity index (χ0n) is 16.5. The number of rotatable bonds is 5. The molecule has 0 bridgehead atoms. The predicted octanol–water partition coefficient (Wildman–Crippen LogP) is 4.67. The topological polar surface area (TPSA) is 70.7 Å². The van der Waals surface area contributed by atoms with Crippen LogP contribution in [0.1, 0.15) is 4.88 Å². The van der Waals surface area contributed by atoms with E-state index in [0.29, 0.717) is 41.9 Å². The van der Waals surface area contributed by atoms with Crippen molar-refractivity contribution in [3.63, 3.8) is 0 Å². The molecule has 1 aliphatic heterocycles. The Morgan fingerprint density at radius 2 is 2.06 bits per heavy atom. The van der Waals surface area contributed by atoms with Gasteiger partial charge in [-0.3, -0.25) is 4.68 Å². The highest BCUT2D eigenvalue weighted by Crippen LogP contribution is 2.41. The Hall–Kier alpha value is -2.92. The Labute approximate surface area is 189 Å². The third-order valence-electron chi connectivity index (χ3n) is 4.94. The lowest BCUT2D eigenvalue weighted by Crippen LogP contribution is -2.19. The van der Waals surface area contributed by atoms with E-state index in [1.54, 1.807) is 10.9 Å². The number of benzene rings is 1. The van der Waals surface area contributed by atoms with Crippen LogP contribution in [0.3, 0.4) is 0 Å². The molecule has 32 heavy (non-hydrogen) atoms. The SMILES string of the molecule is FC(F)(F)Cn1ncnc1-c1nc2c(s1)CCOc1cc(-c3cnn(CCCl)c3)ccc1-2. The van der Waals surface area contributed by atoms with Gasteiger partial charge in [0.2, 0.25) is 0 Å². The van der Waals surface area contributed by atoms with Crippen molar-refractivity contribution in [2.24, 2.45) is 0 Å². The third-order valence-corrected chi connectivity index (χ3v) is 6.22. The number of nitrogens with zero attached hydrogens (tertiary/aromatic N) is 6. The van der Waals surface area contributed by atoms with Gasteiger partial charge in [-0.25, -0.2) is 14.6 Å². The van der Waals surface area contributed by atoms with Crippen LogP contribution >= 0.6 is 22.9 Å². The number of ether oxygens (including phenoxy) is 1. The van der Waals surface area contributed by atoms with Crippen molar-refractivity contribution in [1.82, 2.24) is 29.5 Å². The fourth-order valence-corrected chi connectivity index (χ4v) is 4.77. The smallest absolute Gasteiger partial charge is 0.408 e. The highest BCUT2D eigenvalue weighted by Gasteiger charge is 2.31. The lowest BCUT2D eigenvalue weighted by atomic mass is 10.0. The van der Waals surface area contributed by atoms with Gasteiger partial charge in [-0.2, -0.15) is 23.4 Å². The molecule has 0 atom stereocenters. The van der Waals surface area contributed by atoms with E-state index in [0.717, 1.165) is 32.6 Å². The molecule has 0 spiro atoms. The molecule has 1 aromatic carbocycles. The van der Waals surface area contributed by atoms with Gasteiger partial charge in [0.1, 0.15) is 18.6 Å². The summed E-state index contributed by atoms with van der Waals surface area (Å²) < 4.78 is 47.2. The van der Waals surface area contributed by atoms with Crippen LogP contribution in [-0.4, -0.2) is 48.2 Å². The summed E-state index contributed by atoms with van der Waals surface area (Å²) in [5.74, 6) is 1.24.